The highest BCUT2D eigenvalue weighted by Gasteiger charge is 2.13. The Kier molecular flexibility index (Phi) is 5.66. The van der Waals surface area contributed by atoms with Gasteiger partial charge in [0.25, 0.3) is 0 Å². The molecule has 1 atom stereocenters. The molecule has 0 radical (unpaired) electrons. The highest BCUT2D eigenvalue weighted by molar-refractivity contribution is 5.21. The van der Waals surface area contributed by atoms with Gasteiger partial charge in [-0.05, 0) is 32.8 Å². The van der Waals surface area contributed by atoms with E-state index in [1.807, 2.05) is 6.92 Å². The van der Waals surface area contributed by atoms with Gasteiger partial charge in [-0.15, -0.1) is 0 Å². The zero-order valence-corrected chi connectivity index (χ0v) is 11.5. The van der Waals surface area contributed by atoms with Crippen LogP contribution in [0.2, 0.25) is 0 Å². The lowest BCUT2D eigenvalue weighted by Gasteiger charge is -2.28. The minimum Gasteiger partial charge on any atom is -0.392 e. The summed E-state index contributed by atoms with van der Waals surface area (Å²) in [6.45, 7) is 10.1. The maximum Gasteiger partial charge on any atom is 0.0664 e. The number of aliphatic hydroxyl groups is 1. The van der Waals surface area contributed by atoms with E-state index in [9.17, 15) is 5.11 Å². The summed E-state index contributed by atoms with van der Waals surface area (Å²) in [4.78, 5) is 2.32. The summed E-state index contributed by atoms with van der Waals surface area (Å²) >= 11 is 0. The lowest BCUT2D eigenvalue weighted by molar-refractivity contribution is 0.0881. The van der Waals surface area contributed by atoms with Crippen molar-refractivity contribution in [3.8, 4) is 0 Å². The summed E-state index contributed by atoms with van der Waals surface area (Å²) in [5, 5.41) is 9.76. The Bertz CT molecular complexity index is 318. The minimum atomic E-state index is -0.220. The van der Waals surface area contributed by atoms with Crippen LogP contribution < -0.4 is 0 Å². The van der Waals surface area contributed by atoms with Crippen LogP contribution in [0.1, 0.15) is 38.3 Å². The van der Waals surface area contributed by atoms with Crippen molar-refractivity contribution in [2.75, 3.05) is 6.54 Å². The highest BCUT2D eigenvalue weighted by atomic mass is 16.3. The van der Waals surface area contributed by atoms with Crippen molar-refractivity contribution in [2.45, 2.75) is 52.8 Å². The number of aliphatic hydroxyl groups excluding tert-OH is 1. The molecule has 17 heavy (non-hydrogen) atoms. The monoisotopic (exact) mass is 235 g/mol. The van der Waals surface area contributed by atoms with E-state index < -0.39 is 0 Å². The van der Waals surface area contributed by atoms with Crippen LogP contribution in [-0.2, 0) is 6.54 Å². The lowest BCUT2D eigenvalue weighted by atomic mass is 10.1. The molecule has 1 rings (SSSR count). The Labute approximate surface area is 105 Å². The molecule has 1 N–H and O–H groups in total. The smallest absolute Gasteiger partial charge is 0.0664 e. The first-order valence-electron chi connectivity index (χ1n) is 6.50. The highest BCUT2D eigenvalue weighted by Crippen LogP contribution is 2.11. The number of benzene rings is 1. The molecular formula is C15H25NO. The predicted molar refractivity (Wildman–Crippen MR) is 73.0 cm³/mol. The standard InChI is InChI=1S/C15H25NO/c1-5-15(17)11-16(12(2)3)10-14-8-6-13(4)7-9-14/h6-9,12,15,17H,5,10-11H2,1-4H3. The van der Waals surface area contributed by atoms with E-state index in [4.69, 9.17) is 0 Å². The second-order valence-corrected chi connectivity index (χ2v) is 5.07. The molecule has 1 aromatic rings. The Morgan fingerprint density at radius 1 is 1.18 bits per heavy atom. The number of rotatable bonds is 6. The van der Waals surface area contributed by atoms with Gasteiger partial charge in [0.05, 0.1) is 6.10 Å². The van der Waals surface area contributed by atoms with Crippen molar-refractivity contribution in [3.05, 3.63) is 35.4 Å². The quantitative estimate of drug-likeness (QED) is 0.819. The molecule has 0 amide bonds. The molecule has 0 fully saturated rings. The molecule has 0 aromatic heterocycles. The second-order valence-electron chi connectivity index (χ2n) is 5.07. The molecule has 1 unspecified atom stereocenters. The molecule has 0 aliphatic rings. The fraction of sp³-hybridized carbons (Fsp3) is 0.600. The van der Waals surface area contributed by atoms with Crippen LogP contribution in [0.4, 0.5) is 0 Å². The van der Waals surface area contributed by atoms with Gasteiger partial charge in [-0.25, -0.2) is 0 Å². The lowest BCUT2D eigenvalue weighted by Crippen LogP contribution is -2.36. The zero-order valence-electron chi connectivity index (χ0n) is 11.5. The molecule has 0 aliphatic heterocycles. The van der Waals surface area contributed by atoms with Crippen molar-refractivity contribution < 1.29 is 5.11 Å². The molecule has 0 spiro atoms. The first-order chi connectivity index (χ1) is 8.02. The van der Waals surface area contributed by atoms with Crippen LogP contribution in [0.15, 0.2) is 24.3 Å². The van der Waals surface area contributed by atoms with E-state index in [0.29, 0.717) is 6.04 Å². The average Bonchev–Trinajstić information content (AvgIpc) is 2.30. The molecule has 96 valence electrons. The van der Waals surface area contributed by atoms with Gasteiger partial charge in [-0.3, -0.25) is 4.90 Å². The topological polar surface area (TPSA) is 23.5 Å². The summed E-state index contributed by atoms with van der Waals surface area (Å²) in [6.07, 6.45) is 0.597. The third kappa shape index (κ3) is 4.88. The molecule has 2 heteroatoms. The molecule has 0 heterocycles. The van der Waals surface area contributed by atoms with Crippen LogP contribution in [-0.4, -0.2) is 28.7 Å². The normalized spacial score (nSPS) is 13.4. The zero-order chi connectivity index (χ0) is 12.8. The summed E-state index contributed by atoms with van der Waals surface area (Å²) in [5.74, 6) is 0. The largest absolute Gasteiger partial charge is 0.392 e. The van der Waals surface area contributed by atoms with E-state index in [0.717, 1.165) is 19.5 Å². The summed E-state index contributed by atoms with van der Waals surface area (Å²) in [7, 11) is 0. The molecule has 0 aliphatic carbocycles. The molecule has 2 nitrogen and oxygen atoms in total. The van der Waals surface area contributed by atoms with Gasteiger partial charge in [0, 0.05) is 19.1 Å². The van der Waals surface area contributed by atoms with Crippen LogP contribution >= 0.6 is 0 Å². The third-order valence-electron chi connectivity index (χ3n) is 3.15. The number of hydrogen-bond acceptors (Lipinski definition) is 2. The van der Waals surface area contributed by atoms with E-state index in [1.54, 1.807) is 0 Å². The molecule has 0 bridgehead atoms. The number of hydrogen-bond donors (Lipinski definition) is 1. The molecule has 0 saturated carbocycles. The van der Waals surface area contributed by atoms with Crippen molar-refractivity contribution in [1.29, 1.82) is 0 Å². The average molecular weight is 235 g/mol. The van der Waals surface area contributed by atoms with Gasteiger partial charge in [-0.2, -0.15) is 0 Å². The maximum absolute atomic E-state index is 9.76. The molecule has 0 saturated heterocycles. The maximum atomic E-state index is 9.76. The number of nitrogens with zero attached hydrogens (tertiary/aromatic N) is 1. The van der Waals surface area contributed by atoms with E-state index in [-0.39, 0.29) is 6.10 Å². The minimum absolute atomic E-state index is 0.220. The number of aryl methyl sites for hydroxylation is 1. The van der Waals surface area contributed by atoms with Gasteiger partial charge >= 0.3 is 0 Å². The van der Waals surface area contributed by atoms with Crippen LogP contribution in [0.25, 0.3) is 0 Å². The van der Waals surface area contributed by atoms with Gasteiger partial charge in [0.2, 0.25) is 0 Å². The van der Waals surface area contributed by atoms with Gasteiger partial charge < -0.3 is 5.11 Å². The second kappa shape index (κ2) is 6.77. The Balaban J connectivity index is 2.63. The summed E-state index contributed by atoms with van der Waals surface area (Å²) in [5.41, 5.74) is 2.60. The van der Waals surface area contributed by atoms with Crippen molar-refractivity contribution in [1.82, 2.24) is 4.90 Å². The Morgan fingerprint density at radius 3 is 2.24 bits per heavy atom. The van der Waals surface area contributed by atoms with E-state index in [2.05, 4.69) is 49.9 Å². The van der Waals surface area contributed by atoms with Gasteiger partial charge in [0.1, 0.15) is 0 Å². The SMILES string of the molecule is CCC(O)CN(Cc1ccc(C)cc1)C(C)C. The van der Waals surface area contributed by atoms with Crippen LogP contribution in [0.3, 0.4) is 0 Å². The Morgan fingerprint density at radius 2 is 1.76 bits per heavy atom. The fourth-order valence-corrected chi connectivity index (χ4v) is 1.79. The van der Waals surface area contributed by atoms with Crippen LogP contribution in [0, 0.1) is 6.92 Å². The molecular weight excluding hydrogens is 210 g/mol. The molecule has 1 aromatic carbocycles. The summed E-state index contributed by atoms with van der Waals surface area (Å²) < 4.78 is 0. The fourth-order valence-electron chi connectivity index (χ4n) is 1.79. The van der Waals surface area contributed by atoms with Crippen molar-refractivity contribution in [2.24, 2.45) is 0 Å². The van der Waals surface area contributed by atoms with Gasteiger partial charge in [-0.1, -0.05) is 36.8 Å². The van der Waals surface area contributed by atoms with Gasteiger partial charge in [0.15, 0.2) is 0 Å². The van der Waals surface area contributed by atoms with Crippen LogP contribution in [0.5, 0.6) is 0 Å². The Hall–Kier alpha value is -0.860. The summed E-state index contributed by atoms with van der Waals surface area (Å²) in [6, 6.07) is 9.08. The van der Waals surface area contributed by atoms with Crippen molar-refractivity contribution >= 4 is 0 Å². The predicted octanol–water partition coefficient (Wildman–Crippen LogP) is 2.98. The third-order valence-corrected chi connectivity index (χ3v) is 3.15. The van der Waals surface area contributed by atoms with E-state index in [1.165, 1.54) is 11.1 Å². The van der Waals surface area contributed by atoms with Crippen molar-refractivity contribution in [3.63, 3.8) is 0 Å². The first kappa shape index (κ1) is 14.2. The van der Waals surface area contributed by atoms with E-state index >= 15 is 0 Å². The first-order valence-corrected chi connectivity index (χ1v) is 6.50.